The van der Waals surface area contributed by atoms with Gasteiger partial charge in [-0.15, -0.1) is 0 Å². The van der Waals surface area contributed by atoms with Gasteiger partial charge in [0, 0.05) is 6.42 Å². The Labute approximate surface area is 121 Å². The molecular formula is C16H14N2O3. The number of carboxylic acid groups (broad SMARTS) is 1. The lowest BCUT2D eigenvalue weighted by molar-refractivity contribution is 0.0699. The fraction of sp³-hybridized carbons (Fsp3) is 0.125. The van der Waals surface area contributed by atoms with Crippen LogP contribution < -0.4 is 4.74 Å². The van der Waals surface area contributed by atoms with Crippen LogP contribution in [0, 0.1) is 0 Å². The summed E-state index contributed by atoms with van der Waals surface area (Å²) in [5.74, 6) is 0.573. The third-order valence-electron chi connectivity index (χ3n) is 3.32. The van der Waals surface area contributed by atoms with Crippen molar-refractivity contribution < 1.29 is 14.6 Å². The molecule has 0 aliphatic carbocycles. The number of hydrogen-bond acceptors (Lipinski definition) is 3. The largest absolute Gasteiger partial charge is 0.497 e. The third-order valence-corrected chi connectivity index (χ3v) is 3.32. The molecule has 5 heteroatoms. The minimum atomic E-state index is -0.969. The van der Waals surface area contributed by atoms with Crippen LogP contribution in [0.5, 0.6) is 5.75 Å². The zero-order valence-corrected chi connectivity index (χ0v) is 11.5. The first kappa shape index (κ1) is 13.2. The molecule has 0 saturated carbocycles. The smallest absolute Gasteiger partial charge is 0.337 e. The number of H-pyrrole nitrogens is 1. The van der Waals surface area contributed by atoms with Crippen LogP contribution in [0.2, 0.25) is 0 Å². The molecule has 2 N–H and O–H groups in total. The van der Waals surface area contributed by atoms with Crippen molar-refractivity contribution in [2.75, 3.05) is 7.11 Å². The van der Waals surface area contributed by atoms with Crippen LogP contribution in [0.1, 0.15) is 21.7 Å². The van der Waals surface area contributed by atoms with Crippen LogP contribution in [-0.2, 0) is 6.42 Å². The molecule has 3 rings (SSSR count). The molecule has 1 aromatic heterocycles. The second kappa shape index (κ2) is 5.28. The third kappa shape index (κ3) is 2.58. The normalized spacial score (nSPS) is 10.7. The predicted octanol–water partition coefficient (Wildman–Crippen LogP) is 2.86. The van der Waals surface area contributed by atoms with E-state index in [1.165, 1.54) is 0 Å². The van der Waals surface area contributed by atoms with Crippen molar-refractivity contribution in [3.05, 3.63) is 59.4 Å². The minimum Gasteiger partial charge on any atom is -0.497 e. The summed E-state index contributed by atoms with van der Waals surface area (Å²) in [6.45, 7) is 0. The number of nitrogens with zero attached hydrogens (tertiary/aromatic N) is 1. The van der Waals surface area contributed by atoms with E-state index in [-0.39, 0.29) is 5.56 Å². The van der Waals surface area contributed by atoms with E-state index in [2.05, 4.69) is 9.97 Å². The topological polar surface area (TPSA) is 75.2 Å². The van der Waals surface area contributed by atoms with Gasteiger partial charge in [-0.05, 0) is 29.8 Å². The van der Waals surface area contributed by atoms with Crippen LogP contribution in [0.15, 0.2) is 42.5 Å². The van der Waals surface area contributed by atoms with Crippen molar-refractivity contribution in [2.45, 2.75) is 6.42 Å². The van der Waals surface area contributed by atoms with E-state index in [0.29, 0.717) is 11.9 Å². The summed E-state index contributed by atoms with van der Waals surface area (Å²) in [6.07, 6.45) is 0.609. The number of rotatable bonds is 4. The van der Waals surface area contributed by atoms with Crippen LogP contribution >= 0.6 is 0 Å². The number of methoxy groups -OCH3 is 1. The lowest BCUT2D eigenvalue weighted by Gasteiger charge is -2.01. The molecule has 0 amide bonds. The number of aromatic amines is 1. The Morgan fingerprint density at radius 3 is 2.67 bits per heavy atom. The van der Waals surface area contributed by atoms with Crippen LogP contribution in [0.4, 0.5) is 0 Å². The number of aromatic nitrogens is 2. The highest BCUT2D eigenvalue weighted by Crippen LogP contribution is 2.19. The summed E-state index contributed by atoms with van der Waals surface area (Å²) in [6, 6.07) is 12.8. The standard InChI is InChI=1S/C16H14N2O3/c1-21-11-7-5-10(6-8-11)9-14-17-13-4-2-3-12(16(19)20)15(13)18-14/h2-8H,9H2,1H3,(H,17,18)(H,19,20). The van der Waals surface area contributed by atoms with Gasteiger partial charge in [-0.25, -0.2) is 9.78 Å². The summed E-state index contributed by atoms with van der Waals surface area (Å²) >= 11 is 0. The van der Waals surface area contributed by atoms with Gasteiger partial charge >= 0.3 is 5.97 Å². The number of nitrogens with one attached hydrogen (secondary N) is 1. The minimum absolute atomic E-state index is 0.213. The number of fused-ring (bicyclic) bond motifs is 1. The lowest BCUT2D eigenvalue weighted by Crippen LogP contribution is -1.97. The van der Waals surface area contributed by atoms with E-state index in [0.717, 1.165) is 22.7 Å². The highest BCUT2D eigenvalue weighted by atomic mass is 16.5. The SMILES string of the molecule is COc1ccc(Cc2nc3c(C(=O)O)cccc3[nH]2)cc1. The number of imidazole rings is 1. The van der Waals surface area contributed by atoms with Crippen molar-refractivity contribution in [3.63, 3.8) is 0 Å². The highest BCUT2D eigenvalue weighted by molar-refractivity contribution is 6.00. The molecule has 0 radical (unpaired) electrons. The van der Waals surface area contributed by atoms with Gasteiger partial charge in [-0.2, -0.15) is 0 Å². The fourth-order valence-electron chi connectivity index (χ4n) is 2.28. The van der Waals surface area contributed by atoms with E-state index in [9.17, 15) is 9.90 Å². The fourth-order valence-corrected chi connectivity index (χ4v) is 2.28. The predicted molar refractivity (Wildman–Crippen MR) is 78.9 cm³/mol. The quantitative estimate of drug-likeness (QED) is 0.771. The van der Waals surface area contributed by atoms with Crippen molar-refractivity contribution in [1.29, 1.82) is 0 Å². The summed E-state index contributed by atoms with van der Waals surface area (Å²) in [7, 11) is 1.63. The Hall–Kier alpha value is -2.82. The maximum Gasteiger partial charge on any atom is 0.337 e. The monoisotopic (exact) mass is 282 g/mol. The number of hydrogen-bond donors (Lipinski definition) is 2. The Balaban J connectivity index is 1.93. The molecule has 0 aliphatic rings. The van der Waals surface area contributed by atoms with E-state index in [4.69, 9.17) is 4.74 Å². The van der Waals surface area contributed by atoms with Crippen LogP contribution in [0.25, 0.3) is 11.0 Å². The average Bonchev–Trinajstić information content (AvgIpc) is 2.89. The molecule has 21 heavy (non-hydrogen) atoms. The first-order valence-corrected chi connectivity index (χ1v) is 6.51. The molecular weight excluding hydrogens is 268 g/mol. The summed E-state index contributed by atoms with van der Waals surface area (Å²) in [5.41, 5.74) is 2.52. The summed E-state index contributed by atoms with van der Waals surface area (Å²) in [5, 5.41) is 9.17. The molecule has 0 bridgehead atoms. The lowest BCUT2D eigenvalue weighted by atomic mass is 10.1. The molecule has 0 saturated heterocycles. The number of ether oxygens (including phenoxy) is 1. The molecule has 0 aliphatic heterocycles. The molecule has 0 atom stereocenters. The van der Waals surface area contributed by atoms with Crippen molar-refractivity contribution in [3.8, 4) is 5.75 Å². The van der Waals surface area contributed by atoms with Crippen LogP contribution in [0.3, 0.4) is 0 Å². The Morgan fingerprint density at radius 2 is 2.00 bits per heavy atom. The summed E-state index contributed by atoms with van der Waals surface area (Å²) in [4.78, 5) is 18.8. The Kier molecular flexibility index (Phi) is 3.31. The highest BCUT2D eigenvalue weighted by Gasteiger charge is 2.12. The van der Waals surface area contributed by atoms with Gasteiger partial charge in [-0.3, -0.25) is 0 Å². The number of benzene rings is 2. The number of carboxylic acids is 1. The number of para-hydroxylation sites is 1. The second-order valence-corrected chi connectivity index (χ2v) is 4.72. The van der Waals surface area contributed by atoms with E-state index in [1.807, 2.05) is 30.3 Å². The number of aromatic carboxylic acids is 1. The van der Waals surface area contributed by atoms with Gasteiger partial charge in [0.05, 0.1) is 18.2 Å². The molecule has 5 nitrogen and oxygen atoms in total. The van der Waals surface area contributed by atoms with Gasteiger partial charge in [0.1, 0.15) is 17.1 Å². The molecule has 2 aromatic carbocycles. The van der Waals surface area contributed by atoms with Crippen molar-refractivity contribution in [1.82, 2.24) is 9.97 Å². The Bertz CT molecular complexity index is 791. The maximum absolute atomic E-state index is 11.2. The first-order valence-electron chi connectivity index (χ1n) is 6.51. The number of carbonyl (C=O) groups is 1. The first-order chi connectivity index (χ1) is 10.2. The zero-order chi connectivity index (χ0) is 14.8. The summed E-state index contributed by atoms with van der Waals surface area (Å²) < 4.78 is 5.12. The average molecular weight is 282 g/mol. The molecule has 0 fully saturated rings. The molecule has 3 aromatic rings. The second-order valence-electron chi connectivity index (χ2n) is 4.72. The van der Waals surface area contributed by atoms with Gasteiger partial charge in [0.2, 0.25) is 0 Å². The van der Waals surface area contributed by atoms with Crippen LogP contribution in [-0.4, -0.2) is 28.2 Å². The van der Waals surface area contributed by atoms with Crippen molar-refractivity contribution in [2.24, 2.45) is 0 Å². The zero-order valence-electron chi connectivity index (χ0n) is 11.5. The van der Waals surface area contributed by atoms with Gasteiger partial charge in [-0.1, -0.05) is 18.2 Å². The van der Waals surface area contributed by atoms with Gasteiger partial charge in [0.15, 0.2) is 0 Å². The van der Waals surface area contributed by atoms with E-state index < -0.39 is 5.97 Å². The van der Waals surface area contributed by atoms with E-state index in [1.54, 1.807) is 19.2 Å². The van der Waals surface area contributed by atoms with Gasteiger partial charge < -0.3 is 14.8 Å². The van der Waals surface area contributed by atoms with E-state index >= 15 is 0 Å². The maximum atomic E-state index is 11.2. The molecule has 1 heterocycles. The van der Waals surface area contributed by atoms with Crippen molar-refractivity contribution >= 4 is 17.0 Å². The molecule has 106 valence electrons. The molecule has 0 unspecified atom stereocenters. The van der Waals surface area contributed by atoms with Gasteiger partial charge in [0.25, 0.3) is 0 Å². The Morgan fingerprint density at radius 1 is 1.24 bits per heavy atom. The molecule has 0 spiro atoms.